The molecule has 1 unspecified atom stereocenters. The van der Waals surface area contributed by atoms with Crippen molar-refractivity contribution in [1.29, 1.82) is 0 Å². The van der Waals surface area contributed by atoms with Crippen LogP contribution in [-0.4, -0.2) is 55.1 Å². The average Bonchev–Trinajstić information content (AvgIpc) is 3.81. The maximum Gasteiger partial charge on any atom is 0.309 e. The number of aliphatic carboxylic acids is 1. The van der Waals surface area contributed by atoms with Crippen molar-refractivity contribution in [3.63, 3.8) is 0 Å². The van der Waals surface area contributed by atoms with Gasteiger partial charge in [-0.2, -0.15) is 0 Å². The number of carboxylic acid groups (broad SMARTS) is 1. The zero-order valence-corrected chi connectivity index (χ0v) is 25.1. The van der Waals surface area contributed by atoms with Gasteiger partial charge in [-0.3, -0.25) is 14.4 Å². The second-order valence-electron chi connectivity index (χ2n) is 11.1. The van der Waals surface area contributed by atoms with Crippen LogP contribution in [0.1, 0.15) is 60.1 Å². The molecule has 0 spiro atoms. The van der Waals surface area contributed by atoms with Crippen LogP contribution in [0.2, 0.25) is 0 Å². The van der Waals surface area contributed by atoms with Gasteiger partial charge in [0.15, 0.2) is 21.4 Å². The van der Waals surface area contributed by atoms with Crippen molar-refractivity contribution in [2.45, 2.75) is 54.3 Å². The first-order valence-corrected chi connectivity index (χ1v) is 15.9. The number of nitrogens with zero attached hydrogens (tertiary/aromatic N) is 1. The van der Waals surface area contributed by atoms with Gasteiger partial charge in [0.2, 0.25) is 11.8 Å². The molecule has 3 aromatic carbocycles. The fourth-order valence-electron chi connectivity index (χ4n) is 6.34. The first-order chi connectivity index (χ1) is 20.9. The fraction of sp³-hybridized carbons (Fsp3) is 0.344. The maximum absolute atomic E-state index is 14.8. The third kappa shape index (κ3) is 5.38. The number of likely N-dealkylation sites (tertiary alicyclic amines) is 1. The summed E-state index contributed by atoms with van der Waals surface area (Å²) in [7, 11) is -2.48. The molecule has 1 aliphatic heterocycles. The highest BCUT2D eigenvalue weighted by atomic mass is 32.2. The van der Waals surface area contributed by atoms with Crippen molar-refractivity contribution < 1.29 is 37.0 Å². The van der Waals surface area contributed by atoms with Gasteiger partial charge in [-0.05, 0) is 73.2 Å². The molecule has 44 heavy (non-hydrogen) atoms. The number of anilines is 1. The normalized spacial score (nSPS) is 20.6. The lowest BCUT2D eigenvalue weighted by Crippen LogP contribution is -2.52. The van der Waals surface area contributed by atoms with Crippen LogP contribution in [0.4, 0.5) is 10.1 Å². The van der Waals surface area contributed by atoms with Crippen molar-refractivity contribution in [3.8, 4) is 5.75 Å². The molecule has 0 radical (unpaired) electrons. The number of halogens is 1. The predicted octanol–water partition coefficient (Wildman–Crippen LogP) is 4.26. The number of benzene rings is 3. The van der Waals surface area contributed by atoms with Gasteiger partial charge >= 0.3 is 5.97 Å². The third-order valence-electron chi connectivity index (χ3n) is 8.64. The number of nitrogens with two attached hydrogens (primary N) is 1. The van der Waals surface area contributed by atoms with Crippen molar-refractivity contribution >= 4 is 33.3 Å². The van der Waals surface area contributed by atoms with Crippen molar-refractivity contribution in [3.05, 3.63) is 89.2 Å². The Morgan fingerprint density at radius 2 is 1.82 bits per heavy atom. The summed E-state index contributed by atoms with van der Waals surface area (Å²) in [4.78, 5) is 40.9. The zero-order chi connectivity index (χ0) is 31.8. The van der Waals surface area contributed by atoms with Crippen LogP contribution in [-0.2, 0) is 25.0 Å². The van der Waals surface area contributed by atoms with Gasteiger partial charge in [-0.25, -0.2) is 12.8 Å². The van der Waals surface area contributed by atoms with Gasteiger partial charge in [-0.15, -0.1) is 0 Å². The minimum atomic E-state index is -3.78. The molecular formula is C32H34FN3O7S. The first-order valence-electron chi connectivity index (χ1n) is 14.3. The smallest absolute Gasteiger partial charge is 0.309 e. The molecule has 4 N–H and O–H groups in total. The van der Waals surface area contributed by atoms with Gasteiger partial charge in [0, 0.05) is 17.8 Å². The van der Waals surface area contributed by atoms with Crippen LogP contribution in [0, 0.1) is 11.7 Å². The molecule has 0 aromatic heterocycles. The number of ether oxygens (including phenoxy) is 1. The van der Waals surface area contributed by atoms with Crippen LogP contribution in [0.5, 0.6) is 5.75 Å². The van der Waals surface area contributed by atoms with Gasteiger partial charge in [0.25, 0.3) is 0 Å². The molecule has 1 heterocycles. The van der Waals surface area contributed by atoms with E-state index in [0.29, 0.717) is 24.1 Å². The standard InChI is InChI=1S/C32H34FN3O7S/c1-3-32(23-9-4-5-10-27(23)44(41,42)22-12-13-22)24(31(39)40)15-16-36(32)30(38)28(19-11-14-25(33)26(18-19)43-2)35-21-8-6-7-20(17-21)29(34)37/h4-11,14,17-18,22,24,28,35H,3,12-13,15-16H2,1-2H3,(H2,34,37)(H,39,40)/t24-,28?,32+/m1/s1. The number of carbonyl (C=O) groups is 3. The number of methoxy groups -OCH3 is 1. The Morgan fingerprint density at radius 3 is 2.45 bits per heavy atom. The van der Waals surface area contributed by atoms with E-state index in [-0.39, 0.29) is 41.2 Å². The Labute approximate surface area is 254 Å². The number of hydrogen-bond acceptors (Lipinski definition) is 7. The summed E-state index contributed by atoms with van der Waals surface area (Å²) in [5, 5.41) is 13.0. The molecule has 3 atom stereocenters. The van der Waals surface area contributed by atoms with E-state index < -0.39 is 56.2 Å². The maximum atomic E-state index is 14.8. The van der Waals surface area contributed by atoms with E-state index in [1.165, 1.54) is 42.3 Å². The van der Waals surface area contributed by atoms with E-state index in [1.54, 1.807) is 37.3 Å². The molecule has 5 rings (SSSR count). The largest absolute Gasteiger partial charge is 0.494 e. The van der Waals surface area contributed by atoms with E-state index in [9.17, 15) is 32.3 Å². The molecule has 2 fully saturated rings. The summed E-state index contributed by atoms with van der Waals surface area (Å²) in [5.74, 6) is -4.25. The van der Waals surface area contributed by atoms with E-state index in [2.05, 4.69) is 5.32 Å². The zero-order valence-electron chi connectivity index (χ0n) is 24.3. The summed E-state index contributed by atoms with van der Waals surface area (Å²) in [6.07, 6.45) is 1.24. The van der Waals surface area contributed by atoms with Gasteiger partial charge < -0.3 is 25.8 Å². The summed E-state index contributed by atoms with van der Waals surface area (Å²) in [6.45, 7) is 1.76. The Bertz CT molecular complexity index is 1730. The average molecular weight is 624 g/mol. The number of primary amides is 1. The lowest BCUT2D eigenvalue weighted by molar-refractivity contribution is -0.148. The fourth-order valence-corrected chi connectivity index (χ4v) is 8.27. The second kappa shape index (κ2) is 11.9. The van der Waals surface area contributed by atoms with E-state index in [4.69, 9.17) is 10.5 Å². The Morgan fingerprint density at radius 1 is 1.09 bits per heavy atom. The molecule has 0 bridgehead atoms. The molecular weight excluding hydrogens is 589 g/mol. The molecule has 232 valence electrons. The SMILES string of the molecule is CC[C@]1(c2ccccc2S(=O)(=O)C2CC2)[C@@H](C(=O)O)CCN1C(=O)C(Nc1cccc(C(N)=O)c1)c1ccc(F)c(OC)c1. The third-order valence-corrected chi connectivity index (χ3v) is 11.0. The van der Waals surface area contributed by atoms with Gasteiger partial charge in [-0.1, -0.05) is 37.3 Å². The number of sulfone groups is 1. The summed E-state index contributed by atoms with van der Waals surface area (Å²) in [5.41, 5.74) is 5.07. The molecule has 12 heteroatoms. The minimum Gasteiger partial charge on any atom is -0.494 e. The highest BCUT2D eigenvalue weighted by Gasteiger charge is 2.57. The van der Waals surface area contributed by atoms with Crippen LogP contribution in [0.3, 0.4) is 0 Å². The van der Waals surface area contributed by atoms with Crippen molar-refractivity contribution in [2.75, 3.05) is 19.0 Å². The lowest BCUT2D eigenvalue weighted by atomic mass is 9.76. The summed E-state index contributed by atoms with van der Waals surface area (Å²) < 4.78 is 46.9. The van der Waals surface area contributed by atoms with Gasteiger partial charge in [0.1, 0.15) is 6.04 Å². The van der Waals surface area contributed by atoms with Crippen molar-refractivity contribution in [2.24, 2.45) is 11.7 Å². The molecule has 1 aliphatic carbocycles. The highest BCUT2D eigenvalue weighted by molar-refractivity contribution is 7.92. The Hall–Kier alpha value is -4.45. The molecule has 2 amide bonds. The predicted molar refractivity (Wildman–Crippen MR) is 160 cm³/mol. The topological polar surface area (TPSA) is 156 Å². The van der Waals surface area contributed by atoms with Crippen LogP contribution < -0.4 is 15.8 Å². The number of hydrogen-bond donors (Lipinski definition) is 3. The number of carbonyl (C=O) groups excluding carboxylic acids is 2. The van der Waals surface area contributed by atoms with E-state index in [1.807, 2.05) is 0 Å². The first kappa shape index (κ1) is 31.0. The highest BCUT2D eigenvalue weighted by Crippen LogP contribution is 2.50. The van der Waals surface area contributed by atoms with Crippen molar-refractivity contribution in [1.82, 2.24) is 4.90 Å². The number of amides is 2. The van der Waals surface area contributed by atoms with E-state index >= 15 is 0 Å². The van der Waals surface area contributed by atoms with Gasteiger partial charge in [0.05, 0.1) is 28.7 Å². The Kier molecular flexibility index (Phi) is 8.39. The van der Waals surface area contributed by atoms with Crippen LogP contribution in [0.15, 0.2) is 71.6 Å². The number of nitrogens with one attached hydrogen (secondary N) is 1. The van der Waals surface area contributed by atoms with E-state index in [0.717, 1.165) is 6.07 Å². The number of carboxylic acids is 1. The summed E-state index contributed by atoms with van der Waals surface area (Å²) in [6, 6.07) is 15.2. The minimum absolute atomic E-state index is 0.0254. The van der Waals surface area contributed by atoms with Crippen LogP contribution >= 0.6 is 0 Å². The summed E-state index contributed by atoms with van der Waals surface area (Å²) >= 11 is 0. The monoisotopic (exact) mass is 623 g/mol. The molecule has 10 nitrogen and oxygen atoms in total. The Balaban J connectivity index is 1.68. The second-order valence-corrected chi connectivity index (χ2v) is 13.3. The molecule has 1 saturated heterocycles. The lowest BCUT2D eigenvalue weighted by Gasteiger charge is -2.43. The molecule has 2 aliphatic rings. The quantitative estimate of drug-likeness (QED) is 0.286. The molecule has 3 aromatic rings. The van der Waals surface area contributed by atoms with Crippen LogP contribution in [0.25, 0.3) is 0 Å². The molecule has 1 saturated carbocycles. The number of rotatable bonds is 11.